The van der Waals surface area contributed by atoms with E-state index in [1.807, 2.05) is 32.2 Å². The quantitative estimate of drug-likeness (QED) is 0.905. The van der Waals surface area contributed by atoms with Crippen molar-refractivity contribution in [3.63, 3.8) is 0 Å². The van der Waals surface area contributed by atoms with Gasteiger partial charge in [-0.25, -0.2) is 0 Å². The molecule has 1 atom stereocenters. The lowest BCUT2D eigenvalue weighted by atomic mass is 10.1. The van der Waals surface area contributed by atoms with Crippen LogP contribution in [0.4, 0.5) is 0 Å². The van der Waals surface area contributed by atoms with Crippen LogP contribution in [0.15, 0.2) is 41.3 Å². The number of pyridine rings is 2. The Morgan fingerprint density at radius 3 is 2.74 bits per heavy atom. The average molecular weight is 312 g/mol. The number of nitrogens with zero attached hydrogens (tertiary/aromatic N) is 3. The van der Waals surface area contributed by atoms with Crippen molar-refractivity contribution in [2.75, 3.05) is 26.7 Å². The molecule has 1 fully saturated rings. The van der Waals surface area contributed by atoms with Gasteiger partial charge in [0.15, 0.2) is 0 Å². The molecule has 6 nitrogen and oxygen atoms in total. The van der Waals surface area contributed by atoms with Gasteiger partial charge in [-0.3, -0.25) is 14.6 Å². The maximum Gasteiger partial charge on any atom is 0.261 e. The molecule has 1 N–H and O–H groups in total. The molecular formula is C17H20N4O2. The molecule has 6 heteroatoms. The maximum atomic E-state index is 12.7. The lowest BCUT2D eigenvalue weighted by molar-refractivity contribution is 0.0532. The predicted octanol–water partition coefficient (Wildman–Crippen LogP) is 1.21. The Bertz CT molecular complexity index is 757. The first-order chi connectivity index (χ1) is 11.1. The first kappa shape index (κ1) is 15.4. The maximum absolute atomic E-state index is 12.7. The molecule has 3 rings (SSSR count). The zero-order chi connectivity index (χ0) is 16.4. The number of amides is 1. The Morgan fingerprint density at radius 1 is 1.26 bits per heavy atom. The zero-order valence-corrected chi connectivity index (χ0v) is 13.3. The van der Waals surface area contributed by atoms with Crippen LogP contribution in [0.1, 0.15) is 17.3 Å². The molecule has 0 aliphatic carbocycles. The van der Waals surface area contributed by atoms with Crippen LogP contribution in [-0.2, 0) is 0 Å². The first-order valence-corrected chi connectivity index (χ1v) is 7.70. The number of H-pyrrole nitrogens is 1. The molecule has 0 spiro atoms. The van der Waals surface area contributed by atoms with E-state index in [0.29, 0.717) is 17.9 Å². The molecule has 0 unspecified atom stereocenters. The molecule has 2 aromatic heterocycles. The van der Waals surface area contributed by atoms with Gasteiger partial charge in [-0.15, -0.1) is 0 Å². The fourth-order valence-corrected chi connectivity index (χ4v) is 2.91. The number of carbonyl (C=O) groups excluding carboxylic acids is 1. The summed E-state index contributed by atoms with van der Waals surface area (Å²) in [7, 11) is 2.03. The Balaban J connectivity index is 1.86. The van der Waals surface area contributed by atoms with E-state index < -0.39 is 0 Å². The van der Waals surface area contributed by atoms with Crippen LogP contribution in [0, 0.1) is 0 Å². The molecular weight excluding hydrogens is 292 g/mol. The van der Waals surface area contributed by atoms with Crippen LogP contribution in [0.5, 0.6) is 0 Å². The zero-order valence-electron chi connectivity index (χ0n) is 13.3. The molecule has 0 saturated carbocycles. The molecule has 1 amide bonds. The minimum atomic E-state index is -0.371. The molecule has 1 aliphatic rings. The number of piperazine rings is 1. The number of hydrogen-bond donors (Lipinski definition) is 1. The Morgan fingerprint density at radius 2 is 2.09 bits per heavy atom. The Kier molecular flexibility index (Phi) is 4.25. The minimum Gasteiger partial charge on any atom is -0.333 e. The molecule has 23 heavy (non-hydrogen) atoms. The van der Waals surface area contributed by atoms with Crippen LogP contribution in [0.25, 0.3) is 11.4 Å². The molecule has 1 saturated heterocycles. The number of aromatic amines is 1. The topological polar surface area (TPSA) is 69.3 Å². The highest BCUT2D eigenvalue weighted by Gasteiger charge is 2.27. The van der Waals surface area contributed by atoms with Crippen molar-refractivity contribution >= 4 is 5.91 Å². The number of aromatic nitrogens is 2. The third kappa shape index (κ3) is 3.17. The number of carbonyl (C=O) groups is 1. The van der Waals surface area contributed by atoms with Crippen molar-refractivity contribution in [2.24, 2.45) is 0 Å². The van der Waals surface area contributed by atoms with Crippen molar-refractivity contribution in [3.8, 4) is 11.4 Å². The Hall–Kier alpha value is -2.47. The van der Waals surface area contributed by atoms with Gasteiger partial charge in [-0.1, -0.05) is 6.07 Å². The van der Waals surface area contributed by atoms with Gasteiger partial charge in [0.1, 0.15) is 5.56 Å². The van der Waals surface area contributed by atoms with E-state index >= 15 is 0 Å². The molecule has 1 aliphatic heterocycles. The fourth-order valence-electron chi connectivity index (χ4n) is 2.91. The van der Waals surface area contributed by atoms with Gasteiger partial charge in [0, 0.05) is 31.9 Å². The summed E-state index contributed by atoms with van der Waals surface area (Å²) in [6, 6.07) is 8.90. The second-order valence-corrected chi connectivity index (χ2v) is 5.94. The van der Waals surface area contributed by atoms with Crippen LogP contribution in [-0.4, -0.2) is 58.4 Å². The number of likely N-dealkylation sites (N-methyl/N-ethyl adjacent to an activating group) is 1. The first-order valence-electron chi connectivity index (χ1n) is 7.70. The predicted molar refractivity (Wildman–Crippen MR) is 88.3 cm³/mol. The second kappa shape index (κ2) is 6.34. The molecule has 0 aromatic carbocycles. The third-order valence-electron chi connectivity index (χ3n) is 4.17. The number of rotatable bonds is 2. The summed E-state index contributed by atoms with van der Waals surface area (Å²) >= 11 is 0. The summed E-state index contributed by atoms with van der Waals surface area (Å²) in [6.07, 6.45) is 1.67. The van der Waals surface area contributed by atoms with E-state index in [9.17, 15) is 9.59 Å². The third-order valence-corrected chi connectivity index (χ3v) is 4.17. The second-order valence-electron chi connectivity index (χ2n) is 5.94. The fraction of sp³-hybridized carbons (Fsp3) is 0.353. The van der Waals surface area contributed by atoms with Crippen molar-refractivity contribution in [3.05, 3.63) is 52.4 Å². The van der Waals surface area contributed by atoms with E-state index in [1.54, 1.807) is 23.2 Å². The van der Waals surface area contributed by atoms with Crippen LogP contribution in [0.2, 0.25) is 0 Å². The van der Waals surface area contributed by atoms with E-state index in [-0.39, 0.29) is 23.1 Å². The van der Waals surface area contributed by atoms with Gasteiger partial charge >= 0.3 is 0 Å². The molecule has 120 valence electrons. The van der Waals surface area contributed by atoms with Gasteiger partial charge in [0.2, 0.25) is 0 Å². The molecule has 0 radical (unpaired) electrons. The van der Waals surface area contributed by atoms with Crippen LogP contribution < -0.4 is 5.56 Å². The summed E-state index contributed by atoms with van der Waals surface area (Å²) in [5, 5.41) is 0. The summed E-state index contributed by atoms with van der Waals surface area (Å²) in [5.74, 6) is -0.209. The van der Waals surface area contributed by atoms with Crippen LogP contribution in [0.3, 0.4) is 0 Å². The van der Waals surface area contributed by atoms with Gasteiger partial charge in [0.25, 0.3) is 11.5 Å². The van der Waals surface area contributed by atoms with Crippen molar-refractivity contribution < 1.29 is 4.79 Å². The van der Waals surface area contributed by atoms with E-state index in [1.165, 1.54) is 0 Å². The SMILES string of the molecule is C[C@@H]1CN(C)CCN1C(=O)c1ccc(-c2ccccn2)[nH]c1=O. The summed E-state index contributed by atoms with van der Waals surface area (Å²) in [6.45, 7) is 4.28. The standard InChI is InChI=1S/C17H20N4O2/c1-12-11-20(2)9-10-21(12)17(23)13-6-7-15(19-16(13)22)14-5-3-4-8-18-14/h3-8,12H,9-11H2,1-2H3,(H,19,22)/t12-/m1/s1. The van der Waals surface area contributed by atoms with Gasteiger partial charge in [-0.05, 0) is 38.2 Å². The van der Waals surface area contributed by atoms with Crippen molar-refractivity contribution in [2.45, 2.75) is 13.0 Å². The number of hydrogen-bond acceptors (Lipinski definition) is 4. The normalized spacial score (nSPS) is 18.9. The highest BCUT2D eigenvalue weighted by Crippen LogP contribution is 2.14. The van der Waals surface area contributed by atoms with Crippen molar-refractivity contribution in [1.82, 2.24) is 19.8 Å². The Labute approximate surface area is 134 Å². The lowest BCUT2D eigenvalue weighted by Gasteiger charge is -2.38. The highest BCUT2D eigenvalue weighted by molar-refractivity contribution is 5.94. The van der Waals surface area contributed by atoms with E-state index in [0.717, 1.165) is 13.1 Å². The average Bonchev–Trinajstić information content (AvgIpc) is 2.55. The number of nitrogens with one attached hydrogen (secondary N) is 1. The van der Waals surface area contributed by atoms with E-state index in [4.69, 9.17) is 0 Å². The molecule has 2 aromatic rings. The summed E-state index contributed by atoms with van der Waals surface area (Å²) < 4.78 is 0. The smallest absolute Gasteiger partial charge is 0.261 e. The van der Waals surface area contributed by atoms with Gasteiger partial charge in [-0.2, -0.15) is 0 Å². The lowest BCUT2D eigenvalue weighted by Crippen LogP contribution is -2.53. The van der Waals surface area contributed by atoms with Gasteiger partial charge < -0.3 is 14.8 Å². The van der Waals surface area contributed by atoms with Crippen molar-refractivity contribution in [1.29, 1.82) is 0 Å². The minimum absolute atomic E-state index is 0.0936. The monoisotopic (exact) mass is 312 g/mol. The molecule has 0 bridgehead atoms. The summed E-state index contributed by atoms with van der Waals surface area (Å²) in [4.78, 5) is 35.9. The largest absolute Gasteiger partial charge is 0.333 e. The van der Waals surface area contributed by atoms with E-state index in [2.05, 4.69) is 14.9 Å². The highest BCUT2D eigenvalue weighted by atomic mass is 16.2. The van der Waals surface area contributed by atoms with Crippen LogP contribution >= 0.6 is 0 Å². The molecule has 3 heterocycles. The summed E-state index contributed by atoms with van der Waals surface area (Å²) in [5.41, 5.74) is 1.10. The van der Waals surface area contributed by atoms with Gasteiger partial charge in [0.05, 0.1) is 11.4 Å².